The Morgan fingerprint density at radius 3 is 2.66 bits per heavy atom. The standard InChI is InChI=1S/C26H33N7O4S/c27-26(28)30-12-4-9-18(22(35)24-29-13-15-38-24)31-23(36)19-10-11-20-25(37)32(16-21(34)33(19)20)14-5-8-17-6-2-1-3-7-17/h1-3,6-7,13,15,18-20H,4-5,8-12,14,16H2,(H,31,36)(H4,27,28,30)/t18-,19-,20-/m0/s1. The summed E-state index contributed by atoms with van der Waals surface area (Å²) >= 11 is 1.19. The fraction of sp³-hybridized carbons (Fsp3) is 0.462. The van der Waals surface area contributed by atoms with Crippen molar-refractivity contribution in [1.29, 1.82) is 0 Å². The summed E-state index contributed by atoms with van der Waals surface area (Å²) in [5.41, 5.74) is 11.9. The van der Waals surface area contributed by atoms with Gasteiger partial charge in [0.2, 0.25) is 23.5 Å². The van der Waals surface area contributed by atoms with Gasteiger partial charge in [0.05, 0.1) is 12.6 Å². The maximum absolute atomic E-state index is 13.3. The first-order chi connectivity index (χ1) is 18.3. The number of rotatable bonds is 12. The Balaban J connectivity index is 1.37. The van der Waals surface area contributed by atoms with Crippen molar-refractivity contribution < 1.29 is 19.2 Å². The number of piperazine rings is 1. The minimum atomic E-state index is -0.841. The van der Waals surface area contributed by atoms with Crippen LogP contribution in [0.3, 0.4) is 0 Å². The fourth-order valence-corrected chi connectivity index (χ4v) is 5.67. The Morgan fingerprint density at radius 1 is 1.16 bits per heavy atom. The monoisotopic (exact) mass is 539 g/mol. The molecule has 0 saturated carbocycles. The highest BCUT2D eigenvalue weighted by Gasteiger charge is 2.49. The molecule has 3 amide bonds. The molecule has 3 atom stereocenters. The molecule has 0 bridgehead atoms. The number of guanidine groups is 1. The van der Waals surface area contributed by atoms with Gasteiger partial charge in [-0.05, 0) is 44.1 Å². The molecule has 3 heterocycles. The van der Waals surface area contributed by atoms with Crippen LogP contribution < -0.4 is 16.8 Å². The summed E-state index contributed by atoms with van der Waals surface area (Å²) in [7, 11) is 0. The van der Waals surface area contributed by atoms with Crippen molar-refractivity contribution >= 4 is 40.8 Å². The first-order valence-corrected chi connectivity index (χ1v) is 13.7. The van der Waals surface area contributed by atoms with Crippen LogP contribution in [0.5, 0.6) is 0 Å². The lowest BCUT2D eigenvalue weighted by Gasteiger charge is -2.38. The summed E-state index contributed by atoms with van der Waals surface area (Å²) in [6, 6.07) is 7.70. The largest absolute Gasteiger partial charge is 0.370 e. The fourth-order valence-electron chi connectivity index (χ4n) is 5.03. The molecule has 2 fully saturated rings. The van der Waals surface area contributed by atoms with Gasteiger partial charge >= 0.3 is 0 Å². The molecular weight excluding hydrogens is 506 g/mol. The van der Waals surface area contributed by atoms with Gasteiger partial charge in [0.1, 0.15) is 12.1 Å². The minimum absolute atomic E-state index is 0.0452. The van der Waals surface area contributed by atoms with Crippen LogP contribution in [0.4, 0.5) is 0 Å². The van der Waals surface area contributed by atoms with E-state index in [0.717, 1.165) is 12.8 Å². The summed E-state index contributed by atoms with van der Waals surface area (Å²) in [4.78, 5) is 63.7. The van der Waals surface area contributed by atoms with Gasteiger partial charge in [-0.2, -0.15) is 0 Å². The highest BCUT2D eigenvalue weighted by Crippen LogP contribution is 2.30. The minimum Gasteiger partial charge on any atom is -0.370 e. The second-order valence-electron chi connectivity index (χ2n) is 9.47. The molecule has 0 unspecified atom stereocenters. The predicted molar refractivity (Wildman–Crippen MR) is 143 cm³/mol. The van der Waals surface area contributed by atoms with Gasteiger partial charge in [0.15, 0.2) is 11.0 Å². The van der Waals surface area contributed by atoms with E-state index in [9.17, 15) is 19.2 Å². The van der Waals surface area contributed by atoms with Crippen LogP contribution in [0.2, 0.25) is 0 Å². The lowest BCUT2D eigenvalue weighted by atomic mass is 10.1. The van der Waals surface area contributed by atoms with Gasteiger partial charge in [-0.25, -0.2) is 4.98 Å². The van der Waals surface area contributed by atoms with Crippen molar-refractivity contribution in [3.63, 3.8) is 0 Å². The average Bonchev–Trinajstić information content (AvgIpc) is 3.60. The maximum Gasteiger partial charge on any atom is 0.245 e. The van der Waals surface area contributed by atoms with Crippen molar-refractivity contribution in [1.82, 2.24) is 20.1 Å². The van der Waals surface area contributed by atoms with E-state index in [1.54, 1.807) is 10.3 Å². The van der Waals surface area contributed by atoms with Gasteiger partial charge in [-0.3, -0.25) is 24.2 Å². The van der Waals surface area contributed by atoms with Crippen molar-refractivity contribution in [3.8, 4) is 0 Å². The quantitative estimate of drug-likeness (QED) is 0.155. The molecular formula is C26H33N7O4S. The summed E-state index contributed by atoms with van der Waals surface area (Å²) in [6.07, 6.45) is 4.63. The van der Waals surface area contributed by atoms with Gasteiger partial charge < -0.3 is 26.6 Å². The Morgan fingerprint density at radius 2 is 1.95 bits per heavy atom. The zero-order chi connectivity index (χ0) is 27.1. The number of carbonyl (C=O) groups excluding carboxylic acids is 4. The Hall–Kier alpha value is -3.80. The van der Waals surface area contributed by atoms with E-state index < -0.39 is 24.0 Å². The molecule has 12 heteroatoms. The van der Waals surface area contributed by atoms with Crippen molar-refractivity contribution in [2.75, 3.05) is 19.6 Å². The lowest BCUT2D eigenvalue weighted by molar-refractivity contribution is -0.157. The van der Waals surface area contributed by atoms with E-state index in [0.29, 0.717) is 38.8 Å². The molecule has 5 N–H and O–H groups in total. The number of aliphatic imine (C=N–C) groups is 1. The molecule has 2 aromatic rings. The summed E-state index contributed by atoms with van der Waals surface area (Å²) in [5, 5.41) is 4.80. The van der Waals surface area contributed by atoms with E-state index in [1.807, 2.05) is 30.3 Å². The normalized spacial score (nSPS) is 19.7. The third-order valence-corrected chi connectivity index (χ3v) is 7.64. The second-order valence-corrected chi connectivity index (χ2v) is 10.4. The second kappa shape index (κ2) is 12.6. The molecule has 0 spiro atoms. The van der Waals surface area contributed by atoms with Gasteiger partial charge in [-0.1, -0.05) is 30.3 Å². The number of fused-ring (bicyclic) bond motifs is 1. The van der Waals surface area contributed by atoms with Crippen LogP contribution in [0.1, 0.15) is 47.5 Å². The lowest BCUT2D eigenvalue weighted by Crippen LogP contribution is -2.62. The number of ketones is 1. The number of hydrogen-bond donors (Lipinski definition) is 3. The van der Waals surface area contributed by atoms with Crippen LogP contribution in [0, 0.1) is 0 Å². The molecule has 0 aliphatic carbocycles. The SMILES string of the molecule is NC(N)=NCCC[C@H](NC(=O)[C@@H]1CC[C@H]2C(=O)N(CCCc3ccccc3)CC(=O)N12)C(=O)c1nccs1. The molecule has 1 aromatic carbocycles. The molecule has 2 aliphatic heterocycles. The average molecular weight is 540 g/mol. The van der Waals surface area contributed by atoms with Crippen LogP contribution in [-0.4, -0.2) is 82.0 Å². The number of hydrogen-bond acceptors (Lipinski definition) is 7. The van der Waals surface area contributed by atoms with E-state index >= 15 is 0 Å². The number of carbonyl (C=O) groups is 4. The molecule has 2 saturated heterocycles. The molecule has 202 valence electrons. The molecule has 11 nitrogen and oxygen atoms in total. The predicted octanol–water partition coefficient (Wildman–Crippen LogP) is 0.699. The van der Waals surface area contributed by atoms with Gasteiger partial charge in [-0.15, -0.1) is 11.3 Å². The summed E-state index contributed by atoms with van der Waals surface area (Å²) in [6.45, 7) is 0.749. The number of thiazole rings is 1. The van der Waals surface area contributed by atoms with Crippen LogP contribution in [0.15, 0.2) is 46.9 Å². The topological polar surface area (TPSA) is 164 Å². The van der Waals surface area contributed by atoms with E-state index in [4.69, 9.17) is 11.5 Å². The summed E-state index contributed by atoms with van der Waals surface area (Å²) < 4.78 is 0. The number of nitrogens with zero attached hydrogens (tertiary/aromatic N) is 4. The van der Waals surface area contributed by atoms with E-state index in [2.05, 4.69) is 15.3 Å². The van der Waals surface area contributed by atoms with Crippen molar-refractivity contribution in [2.45, 2.75) is 56.7 Å². The van der Waals surface area contributed by atoms with Crippen LogP contribution in [-0.2, 0) is 20.8 Å². The Bertz CT molecular complexity index is 1170. The van der Waals surface area contributed by atoms with Crippen LogP contribution >= 0.6 is 11.3 Å². The molecule has 38 heavy (non-hydrogen) atoms. The highest BCUT2D eigenvalue weighted by atomic mass is 32.1. The molecule has 0 radical (unpaired) electrons. The number of aryl methyl sites for hydroxylation is 1. The van der Waals surface area contributed by atoms with Gasteiger partial charge in [0, 0.05) is 24.7 Å². The molecule has 1 aromatic heterocycles. The van der Waals surface area contributed by atoms with Gasteiger partial charge in [0.25, 0.3) is 0 Å². The zero-order valence-electron chi connectivity index (χ0n) is 21.1. The first kappa shape index (κ1) is 27.2. The highest BCUT2D eigenvalue weighted by molar-refractivity contribution is 7.11. The number of aromatic nitrogens is 1. The van der Waals surface area contributed by atoms with E-state index in [1.165, 1.54) is 28.0 Å². The Kier molecular flexibility index (Phi) is 9.06. The molecule has 4 rings (SSSR count). The smallest absolute Gasteiger partial charge is 0.245 e. The number of nitrogens with two attached hydrogens (primary N) is 2. The van der Waals surface area contributed by atoms with Crippen LogP contribution in [0.25, 0.3) is 0 Å². The summed E-state index contributed by atoms with van der Waals surface area (Å²) in [5.74, 6) is -1.17. The molecule has 2 aliphatic rings. The van der Waals surface area contributed by atoms with Crippen molar-refractivity contribution in [2.24, 2.45) is 16.5 Å². The number of nitrogens with one attached hydrogen (secondary N) is 1. The number of amides is 3. The maximum atomic E-state index is 13.3. The van der Waals surface area contributed by atoms with Crippen molar-refractivity contribution in [3.05, 3.63) is 52.5 Å². The first-order valence-electron chi connectivity index (χ1n) is 12.8. The number of Topliss-reactive ketones (excluding diaryl/α,β-unsaturated/α-hetero) is 1. The third-order valence-electron chi connectivity index (χ3n) is 6.86. The Labute approximate surface area is 225 Å². The third kappa shape index (κ3) is 6.55. The zero-order valence-corrected chi connectivity index (χ0v) is 21.9. The number of benzene rings is 1. The van der Waals surface area contributed by atoms with E-state index in [-0.39, 0.29) is 35.1 Å².